The SMILES string of the molecule is C1=CC([C@@H]2CNCCO2)=CCC1.CC. The van der Waals surface area contributed by atoms with Crippen molar-refractivity contribution in [1.29, 1.82) is 0 Å². The van der Waals surface area contributed by atoms with E-state index in [1.54, 1.807) is 0 Å². The number of ether oxygens (including phenoxy) is 1. The first-order valence-electron chi connectivity index (χ1n) is 5.66. The summed E-state index contributed by atoms with van der Waals surface area (Å²) < 4.78 is 5.64. The quantitative estimate of drug-likeness (QED) is 0.693. The highest BCUT2D eigenvalue weighted by atomic mass is 16.5. The van der Waals surface area contributed by atoms with Crippen LogP contribution in [0.5, 0.6) is 0 Å². The van der Waals surface area contributed by atoms with Crippen LogP contribution in [0.4, 0.5) is 0 Å². The summed E-state index contributed by atoms with van der Waals surface area (Å²) in [6, 6.07) is 0. The Balaban J connectivity index is 0.000000461. The van der Waals surface area contributed by atoms with Crippen LogP contribution >= 0.6 is 0 Å². The number of hydrogen-bond acceptors (Lipinski definition) is 2. The van der Waals surface area contributed by atoms with Crippen molar-refractivity contribution in [3.8, 4) is 0 Å². The largest absolute Gasteiger partial charge is 0.371 e. The Kier molecular flexibility index (Phi) is 5.57. The third-order valence-electron chi connectivity index (χ3n) is 2.32. The van der Waals surface area contributed by atoms with Gasteiger partial charge in [-0.3, -0.25) is 0 Å². The molecule has 1 aliphatic carbocycles. The maximum atomic E-state index is 5.64. The van der Waals surface area contributed by atoms with Crippen molar-refractivity contribution in [1.82, 2.24) is 5.32 Å². The average molecular weight is 195 g/mol. The van der Waals surface area contributed by atoms with E-state index in [1.165, 1.54) is 18.4 Å². The summed E-state index contributed by atoms with van der Waals surface area (Å²) in [6.45, 7) is 6.81. The van der Waals surface area contributed by atoms with Gasteiger partial charge >= 0.3 is 0 Å². The van der Waals surface area contributed by atoms with E-state index in [0.717, 1.165) is 19.7 Å². The third-order valence-corrected chi connectivity index (χ3v) is 2.32. The fourth-order valence-corrected chi connectivity index (χ4v) is 1.65. The molecule has 14 heavy (non-hydrogen) atoms. The van der Waals surface area contributed by atoms with Gasteiger partial charge in [-0.2, -0.15) is 0 Å². The molecule has 1 atom stereocenters. The molecule has 2 heteroatoms. The Morgan fingerprint density at radius 3 is 2.79 bits per heavy atom. The average Bonchev–Trinajstić information content (AvgIpc) is 2.34. The number of morpholine rings is 1. The minimum atomic E-state index is 0.301. The fraction of sp³-hybridized carbons (Fsp3) is 0.667. The molecule has 0 aromatic carbocycles. The minimum absolute atomic E-state index is 0.301. The smallest absolute Gasteiger partial charge is 0.0946 e. The van der Waals surface area contributed by atoms with E-state index in [4.69, 9.17) is 4.74 Å². The van der Waals surface area contributed by atoms with Crippen LogP contribution in [0.3, 0.4) is 0 Å². The van der Waals surface area contributed by atoms with E-state index in [1.807, 2.05) is 13.8 Å². The van der Waals surface area contributed by atoms with E-state index in [2.05, 4.69) is 23.5 Å². The van der Waals surface area contributed by atoms with Crippen molar-refractivity contribution < 1.29 is 4.74 Å². The first kappa shape index (κ1) is 11.5. The summed E-state index contributed by atoms with van der Waals surface area (Å²) in [5.74, 6) is 0. The first-order chi connectivity index (χ1) is 6.97. The molecule has 0 unspecified atom stereocenters. The second kappa shape index (κ2) is 6.80. The summed E-state index contributed by atoms with van der Waals surface area (Å²) in [4.78, 5) is 0. The van der Waals surface area contributed by atoms with Crippen molar-refractivity contribution in [2.24, 2.45) is 0 Å². The normalized spacial score (nSPS) is 26.1. The van der Waals surface area contributed by atoms with Crippen LogP contribution in [0.25, 0.3) is 0 Å². The van der Waals surface area contributed by atoms with Crippen LogP contribution in [-0.4, -0.2) is 25.8 Å². The molecule has 0 saturated carbocycles. The second-order valence-electron chi connectivity index (χ2n) is 3.25. The molecule has 0 amide bonds. The molecule has 2 rings (SSSR count). The Morgan fingerprint density at radius 2 is 2.21 bits per heavy atom. The van der Waals surface area contributed by atoms with Gasteiger partial charge in [-0.05, 0) is 18.4 Å². The first-order valence-corrected chi connectivity index (χ1v) is 5.66. The standard InChI is InChI=1S/C10H15NO.C2H6/c1-2-4-9(5-3-1)10-8-11-6-7-12-10;1-2/h2,4-5,10-11H,1,3,6-8H2;1-2H3/t10-;/m0./s1. The molecule has 1 fully saturated rings. The highest BCUT2D eigenvalue weighted by Crippen LogP contribution is 2.16. The number of hydrogen-bond donors (Lipinski definition) is 1. The van der Waals surface area contributed by atoms with Gasteiger partial charge in [0.05, 0.1) is 12.7 Å². The van der Waals surface area contributed by atoms with Crippen LogP contribution in [0.1, 0.15) is 26.7 Å². The minimum Gasteiger partial charge on any atom is -0.371 e. The molecular weight excluding hydrogens is 174 g/mol. The lowest BCUT2D eigenvalue weighted by atomic mass is 10.0. The molecule has 1 saturated heterocycles. The highest BCUT2D eigenvalue weighted by Gasteiger charge is 2.16. The maximum Gasteiger partial charge on any atom is 0.0946 e. The van der Waals surface area contributed by atoms with Gasteiger partial charge in [-0.1, -0.05) is 32.1 Å². The molecule has 2 nitrogen and oxygen atoms in total. The zero-order chi connectivity index (χ0) is 10.2. The van der Waals surface area contributed by atoms with E-state index >= 15 is 0 Å². The van der Waals surface area contributed by atoms with E-state index in [0.29, 0.717) is 6.10 Å². The molecule has 0 aromatic rings. The highest BCUT2D eigenvalue weighted by molar-refractivity contribution is 5.26. The molecule has 1 N–H and O–H groups in total. The molecular formula is C12H21NO. The molecule has 0 bridgehead atoms. The van der Waals surface area contributed by atoms with E-state index < -0.39 is 0 Å². The summed E-state index contributed by atoms with van der Waals surface area (Å²) in [7, 11) is 0. The number of nitrogens with one attached hydrogen (secondary N) is 1. The summed E-state index contributed by atoms with van der Waals surface area (Å²) >= 11 is 0. The van der Waals surface area contributed by atoms with Gasteiger partial charge < -0.3 is 10.1 Å². The topological polar surface area (TPSA) is 21.3 Å². The molecule has 0 spiro atoms. The lowest BCUT2D eigenvalue weighted by Crippen LogP contribution is -2.39. The second-order valence-corrected chi connectivity index (χ2v) is 3.25. The van der Waals surface area contributed by atoms with Crippen LogP contribution in [0.2, 0.25) is 0 Å². The predicted octanol–water partition coefficient (Wildman–Crippen LogP) is 2.28. The van der Waals surface area contributed by atoms with Gasteiger partial charge in [0, 0.05) is 13.1 Å². The van der Waals surface area contributed by atoms with E-state index in [9.17, 15) is 0 Å². The molecule has 0 radical (unpaired) electrons. The molecule has 1 aliphatic heterocycles. The van der Waals surface area contributed by atoms with Crippen molar-refractivity contribution in [2.45, 2.75) is 32.8 Å². The van der Waals surface area contributed by atoms with Crippen molar-refractivity contribution >= 4 is 0 Å². The fourth-order valence-electron chi connectivity index (χ4n) is 1.65. The van der Waals surface area contributed by atoms with E-state index in [-0.39, 0.29) is 0 Å². The number of allylic oxidation sites excluding steroid dienone is 2. The monoisotopic (exact) mass is 195 g/mol. The van der Waals surface area contributed by atoms with Crippen LogP contribution in [0, 0.1) is 0 Å². The maximum absolute atomic E-state index is 5.64. The predicted molar refractivity (Wildman–Crippen MR) is 60.4 cm³/mol. The molecule has 80 valence electrons. The van der Waals surface area contributed by atoms with Gasteiger partial charge in [-0.15, -0.1) is 0 Å². The van der Waals surface area contributed by atoms with Gasteiger partial charge in [0.15, 0.2) is 0 Å². The number of rotatable bonds is 1. The van der Waals surface area contributed by atoms with Crippen LogP contribution in [0.15, 0.2) is 23.8 Å². The van der Waals surface area contributed by atoms with Crippen molar-refractivity contribution in [3.05, 3.63) is 23.8 Å². The lowest BCUT2D eigenvalue weighted by Gasteiger charge is -2.25. The van der Waals surface area contributed by atoms with Gasteiger partial charge in [0.1, 0.15) is 0 Å². The Morgan fingerprint density at radius 1 is 1.36 bits per heavy atom. The Labute approximate surface area is 87.0 Å². The summed E-state index contributed by atoms with van der Waals surface area (Å²) in [6.07, 6.45) is 9.37. The zero-order valence-corrected chi connectivity index (χ0v) is 9.25. The molecule has 0 aromatic heterocycles. The van der Waals surface area contributed by atoms with Crippen LogP contribution < -0.4 is 5.32 Å². The summed E-state index contributed by atoms with van der Waals surface area (Å²) in [5, 5.41) is 3.33. The van der Waals surface area contributed by atoms with Gasteiger partial charge in [0.25, 0.3) is 0 Å². The van der Waals surface area contributed by atoms with Crippen molar-refractivity contribution in [3.63, 3.8) is 0 Å². The summed E-state index contributed by atoms with van der Waals surface area (Å²) in [5.41, 5.74) is 1.36. The third kappa shape index (κ3) is 3.28. The van der Waals surface area contributed by atoms with Crippen LogP contribution in [-0.2, 0) is 4.74 Å². The molecule has 1 heterocycles. The lowest BCUT2D eigenvalue weighted by molar-refractivity contribution is 0.0536. The Hall–Kier alpha value is -0.600. The van der Waals surface area contributed by atoms with Crippen molar-refractivity contribution in [2.75, 3.05) is 19.7 Å². The van der Waals surface area contributed by atoms with Gasteiger partial charge in [0.2, 0.25) is 0 Å². The Bertz CT molecular complexity index is 202. The zero-order valence-electron chi connectivity index (χ0n) is 9.25. The van der Waals surface area contributed by atoms with Gasteiger partial charge in [-0.25, -0.2) is 0 Å². The molecule has 2 aliphatic rings.